The van der Waals surface area contributed by atoms with Crippen LogP contribution in [0.25, 0.3) is 0 Å². The summed E-state index contributed by atoms with van der Waals surface area (Å²) in [7, 11) is 0. The Morgan fingerprint density at radius 1 is 1.42 bits per heavy atom. The Morgan fingerprint density at radius 3 is 2.89 bits per heavy atom. The number of hydrogen-bond donors (Lipinski definition) is 1. The van der Waals surface area contributed by atoms with Crippen LogP contribution in [0.1, 0.15) is 33.6 Å². The van der Waals surface area contributed by atoms with Crippen molar-refractivity contribution in [1.82, 2.24) is 15.1 Å². The summed E-state index contributed by atoms with van der Waals surface area (Å²) in [4.78, 5) is 16.6. The van der Waals surface area contributed by atoms with Crippen LogP contribution in [0.3, 0.4) is 0 Å². The topological polar surface area (TPSA) is 44.8 Å². The third-order valence-electron chi connectivity index (χ3n) is 4.10. The summed E-state index contributed by atoms with van der Waals surface area (Å²) in [6.07, 6.45) is 2.44. The largest absolute Gasteiger partial charge is 0.374 e. The number of ether oxygens (including phenoxy) is 1. The minimum absolute atomic E-state index is 0.0533. The number of hydrogen-bond acceptors (Lipinski definition) is 4. The summed E-state index contributed by atoms with van der Waals surface area (Å²) in [6, 6.07) is -0.0533. The molecule has 0 aromatic heterocycles. The molecule has 2 aliphatic rings. The second-order valence-corrected chi connectivity index (χ2v) is 5.57. The Morgan fingerprint density at radius 2 is 2.21 bits per heavy atom. The van der Waals surface area contributed by atoms with Gasteiger partial charge in [-0.25, -0.2) is 0 Å². The van der Waals surface area contributed by atoms with Gasteiger partial charge in [0.15, 0.2) is 0 Å². The summed E-state index contributed by atoms with van der Waals surface area (Å²) in [5.41, 5.74) is 0. The van der Waals surface area contributed by atoms with Crippen molar-refractivity contribution in [3.05, 3.63) is 0 Å². The maximum atomic E-state index is 12.2. The van der Waals surface area contributed by atoms with Crippen molar-refractivity contribution < 1.29 is 9.53 Å². The molecule has 0 spiro atoms. The van der Waals surface area contributed by atoms with Crippen LogP contribution in [0, 0.1) is 0 Å². The van der Waals surface area contributed by atoms with Gasteiger partial charge in [-0.15, -0.1) is 0 Å². The third kappa shape index (κ3) is 3.46. The van der Waals surface area contributed by atoms with Gasteiger partial charge < -0.3 is 9.64 Å². The molecule has 0 aliphatic carbocycles. The summed E-state index contributed by atoms with van der Waals surface area (Å²) in [5, 5.41) is 3.38. The minimum Gasteiger partial charge on any atom is -0.374 e. The molecule has 5 nitrogen and oxygen atoms in total. The smallest absolute Gasteiger partial charge is 0.240 e. The number of morpholine rings is 1. The lowest BCUT2D eigenvalue weighted by molar-refractivity contribution is -0.133. The Kier molecular flexibility index (Phi) is 5.19. The van der Waals surface area contributed by atoms with Crippen molar-refractivity contribution in [1.29, 1.82) is 0 Å². The van der Waals surface area contributed by atoms with Gasteiger partial charge in [0.2, 0.25) is 5.91 Å². The molecule has 2 rings (SSSR count). The molecular formula is C14H27N3O2. The molecule has 2 fully saturated rings. The van der Waals surface area contributed by atoms with Crippen molar-refractivity contribution in [3.63, 3.8) is 0 Å². The first kappa shape index (κ1) is 14.8. The lowest BCUT2D eigenvalue weighted by Crippen LogP contribution is -2.50. The quantitative estimate of drug-likeness (QED) is 0.796. The highest BCUT2D eigenvalue weighted by Gasteiger charge is 2.37. The van der Waals surface area contributed by atoms with Crippen LogP contribution in [-0.2, 0) is 9.53 Å². The van der Waals surface area contributed by atoms with E-state index in [0.29, 0.717) is 0 Å². The average molecular weight is 269 g/mol. The molecule has 19 heavy (non-hydrogen) atoms. The normalized spacial score (nSPS) is 33.1. The average Bonchev–Trinajstić information content (AvgIpc) is 2.67. The number of nitrogens with one attached hydrogen (secondary N) is 1. The molecule has 2 aliphatic heterocycles. The van der Waals surface area contributed by atoms with Crippen molar-refractivity contribution >= 4 is 5.91 Å². The fraction of sp³-hybridized carbons (Fsp3) is 0.929. The van der Waals surface area contributed by atoms with E-state index < -0.39 is 0 Å². The van der Waals surface area contributed by atoms with Gasteiger partial charge in [0.1, 0.15) is 0 Å². The monoisotopic (exact) mass is 269 g/mol. The van der Waals surface area contributed by atoms with E-state index in [4.69, 9.17) is 4.74 Å². The van der Waals surface area contributed by atoms with Crippen LogP contribution < -0.4 is 5.32 Å². The summed E-state index contributed by atoms with van der Waals surface area (Å²) >= 11 is 0. The first-order valence-electron chi connectivity index (χ1n) is 7.56. The molecule has 110 valence electrons. The number of carbonyl (C=O) groups excluding carboxylic acids is 1. The molecule has 3 atom stereocenters. The van der Waals surface area contributed by atoms with Crippen LogP contribution in [0.4, 0.5) is 0 Å². The number of rotatable bonds is 5. The number of likely N-dealkylation sites (N-methyl/N-ethyl adjacent to an activating group) is 1. The Hall–Kier alpha value is -0.650. The van der Waals surface area contributed by atoms with Crippen molar-refractivity contribution in [2.24, 2.45) is 0 Å². The Labute approximate surface area is 116 Å². The Bertz CT molecular complexity index is 311. The van der Waals surface area contributed by atoms with Crippen LogP contribution in [0.15, 0.2) is 0 Å². The van der Waals surface area contributed by atoms with Crippen LogP contribution in [0.2, 0.25) is 0 Å². The molecule has 5 heteroatoms. The van der Waals surface area contributed by atoms with E-state index in [9.17, 15) is 4.79 Å². The zero-order valence-electron chi connectivity index (χ0n) is 12.4. The number of nitrogens with zero attached hydrogens (tertiary/aromatic N) is 2. The van der Waals surface area contributed by atoms with E-state index in [1.165, 1.54) is 0 Å². The summed E-state index contributed by atoms with van der Waals surface area (Å²) in [6.45, 7) is 10.8. The summed E-state index contributed by atoms with van der Waals surface area (Å²) < 4.78 is 5.82. The maximum Gasteiger partial charge on any atom is 0.240 e. The van der Waals surface area contributed by atoms with E-state index in [1.54, 1.807) is 0 Å². The lowest BCUT2D eigenvalue weighted by Gasteiger charge is -2.35. The molecule has 0 saturated carbocycles. The van der Waals surface area contributed by atoms with Gasteiger partial charge in [0.05, 0.1) is 24.9 Å². The zero-order chi connectivity index (χ0) is 13.8. The second-order valence-electron chi connectivity index (χ2n) is 5.57. The van der Waals surface area contributed by atoms with Crippen LogP contribution >= 0.6 is 0 Å². The van der Waals surface area contributed by atoms with E-state index in [2.05, 4.69) is 24.1 Å². The molecule has 0 radical (unpaired) electrons. The highest BCUT2D eigenvalue weighted by molar-refractivity contribution is 5.83. The van der Waals surface area contributed by atoms with Crippen molar-refractivity contribution in [3.8, 4) is 0 Å². The van der Waals surface area contributed by atoms with Gasteiger partial charge in [0, 0.05) is 19.6 Å². The predicted octanol–water partition coefficient (Wildman–Crippen LogP) is 0.654. The van der Waals surface area contributed by atoms with E-state index in [0.717, 1.165) is 45.6 Å². The third-order valence-corrected chi connectivity index (χ3v) is 4.10. The summed E-state index contributed by atoms with van der Waals surface area (Å²) in [5.74, 6) is 0.218. The van der Waals surface area contributed by atoms with Crippen LogP contribution in [0.5, 0.6) is 0 Å². The maximum absolute atomic E-state index is 12.2. The lowest BCUT2D eigenvalue weighted by atomic mass is 10.2. The highest BCUT2D eigenvalue weighted by Crippen LogP contribution is 2.17. The predicted molar refractivity (Wildman–Crippen MR) is 74.9 cm³/mol. The molecule has 0 aromatic carbocycles. The van der Waals surface area contributed by atoms with Crippen LogP contribution in [-0.4, -0.2) is 66.8 Å². The highest BCUT2D eigenvalue weighted by atomic mass is 16.5. The fourth-order valence-electron chi connectivity index (χ4n) is 2.98. The van der Waals surface area contributed by atoms with Gasteiger partial charge in [-0.3, -0.25) is 15.0 Å². The zero-order valence-corrected chi connectivity index (χ0v) is 12.4. The Balaban J connectivity index is 1.93. The molecule has 3 unspecified atom stereocenters. The van der Waals surface area contributed by atoms with Gasteiger partial charge in [-0.2, -0.15) is 0 Å². The first-order chi connectivity index (χ1) is 9.15. The van der Waals surface area contributed by atoms with Gasteiger partial charge in [-0.1, -0.05) is 20.3 Å². The van der Waals surface area contributed by atoms with E-state index in [1.807, 2.05) is 11.8 Å². The molecule has 1 amide bonds. The fourth-order valence-corrected chi connectivity index (χ4v) is 2.98. The molecule has 2 heterocycles. The number of carbonyl (C=O) groups is 1. The molecule has 0 bridgehead atoms. The SMILES string of the molecule is CCCC1NC(C)C(=O)N1CC1CN(CC)CCO1. The van der Waals surface area contributed by atoms with Crippen molar-refractivity contribution in [2.45, 2.75) is 51.9 Å². The standard InChI is InChI=1S/C14H27N3O2/c1-4-6-13-15-11(3)14(18)17(13)10-12-9-16(5-2)7-8-19-12/h11-13,15H,4-10H2,1-3H3. The van der Waals surface area contributed by atoms with Gasteiger partial charge >= 0.3 is 0 Å². The molecule has 2 saturated heterocycles. The number of amides is 1. The molecule has 0 aromatic rings. The van der Waals surface area contributed by atoms with Gasteiger partial charge in [-0.05, 0) is 19.9 Å². The van der Waals surface area contributed by atoms with Crippen molar-refractivity contribution in [2.75, 3.05) is 32.8 Å². The molecule has 1 N–H and O–H groups in total. The second kappa shape index (κ2) is 6.68. The van der Waals surface area contributed by atoms with E-state index >= 15 is 0 Å². The van der Waals surface area contributed by atoms with Gasteiger partial charge in [0.25, 0.3) is 0 Å². The molecular weight excluding hydrogens is 242 g/mol. The van der Waals surface area contributed by atoms with E-state index in [-0.39, 0.29) is 24.2 Å². The minimum atomic E-state index is -0.0533. The first-order valence-corrected chi connectivity index (χ1v) is 7.56.